The van der Waals surface area contributed by atoms with Gasteiger partial charge in [0.15, 0.2) is 0 Å². The molecule has 0 aliphatic rings. The van der Waals surface area contributed by atoms with Gasteiger partial charge in [-0.25, -0.2) is 0 Å². The molecule has 0 fully saturated rings. The third-order valence-electron chi connectivity index (χ3n) is 2.07. The molecule has 0 radical (unpaired) electrons. The van der Waals surface area contributed by atoms with Gasteiger partial charge in [0.05, 0.1) is 0 Å². The largest absolute Gasteiger partial charge is 0.488 e. The maximum Gasteiger partial charge on any atom is 0.139 e. The lowest BCUT2D eigenvalue weighted by molar-refractivity contribution is 0.351. The summed E-state index contributed by atoms with van der Waals surface area (Å²) >= 11 is 0. The summed E-state index contributed by atoms with van der Waals surface area (Å²) in [5.74, 6) is 0.694. The summed E-state index contributed by atoms with van der Waals surface area (Å²) in [4.78, 5) is 0. The second-order valence-corrected chi connectivity index (χ2v) is 3.23. The normalized spacial score (nSPS) is 8.78. The van der Waals surface area contributed by atoms with E-state index < -0.39 is 0 Å². The maximum absolute atomic E-state index is 9.10. The average Bonchev–Trinajstić information content (AvgIpc) is 2.42. The van der Waals surface area contributed by atoms with Crippen molar-refractivity contribution in [2.75, 3.05) is 13.2 Å². The summed E-state index contributed by atoms with van der Waals surface area (Å²) in [6, 6.07) is 7.10. The predicted octanol–water partition coefficient (Wildman–Crippen LogP) is 2.56. The van der Waals surface area contributed by atoms with E-state index in [4.69, 9.17) is 20.0 Å². The van der Waals surface area contributed by atoms with Crippen LogP contribution in [0.15, 0.2) is 37.4 Å². The fourth-order valence-corrected chi connectivity index (χ4v) is 1.32. The number of hydrogen-bond acceptors (Lipinski definition) is 4. The number of rotatable bonds is 6. The number of benzene rings is 1. The van der Waals surface area contributed by atoms with E-state index in [1.54, 1.807) is 24.3 Å². The summed E-state index contributed by atoms with van der Waals surface area (Å²) in [7, 11) is 0. The zero-order valence-electron chi connectivity index (χ0n) is 9.85. The zero-order chi connectivity index (χ0) is 13.4. The summed E-state index contributed by atoms with van der Waals surface area (Å²) in [5.41, 5.74) is 0.335. The molecule has 0 aliphatic heterocycles. The molecule has 90 valence electrons. The van der Waals surface area contributed by atoms with Crippen LogP contribution in [0.4, 0.5) is 0 Å². The number of ether oxygens (including phenoxy) is 2. The van der Waals surface area contributed by atoms with Crippen molar-refractivity contribution in [3.63, 3.8) is 0 Å². The third-order valence-corrected chi connectivity index (χ3v) is 2.07. The zero-order valence-corrected chi connectivity index (χ0v) is 9.85. The van der Waals surface area contributed by atoms with Gasteiger partial charge >= 0.3 is 0 Å². The van der Waals surface area contributed by atoms with E-state index >= 15 is 0 Å². The van der Waals surface area contributed by atoms with Crippen molar-refractivity contribution in [2.24, 2.45) is 0 Å². The van der Waals surface area contributed by atoms with Gasteiger partial charge in [0, 0.05) is 0 Å². The molecule has 0 unspecified atom stereocenters. The quantitative estimate of drug-likeness (QED) is 0.717. The molecule has 0 N–H and O–H groups in total. The Morgan fingerprint density at radius 3 is 1.61 bits per heavy atom. The lowest BCUT2D eigenvalue weighted by Gasteiger charge is -2.10. The van der Waals surface area contributed by atoms with Crippen LogP contribution in [0.25, 0.3) is 0 Å². The minimum Gasteiger partial charge on any atom is -0.488 e. The Kier molecular flexibility index (Phi) is 5.02. The van der Waals surface area contributed by atoms with Crippen LogP contribution in [-0.2, 0) is 0 Å². The van der Waals surface area contributed by atoms with E-state index in [2.05, 4.69) is 13.2 Å². The van der Waals surface area contributed by atoms with Gasteiger partial charge < -0.3 is 9.47 Å². The van der Waals surface area contributed by atoms with Gasteiger partial charge in [-0.05, 0) is 12.1 Å². The van der Waals surface area contributed by atoms with Gasteiger partial charge in [-0.15, -0.1) is 0 Å². The molecule has 0 bridgehead atoms. The van der Waals surface area contributed by atoms with E-state index in [1.165, 1.54) is 0 Å². The molecule has 0 heterocycles. The first-order valence-electron chi connectivity index (χ1n) is 5.23. The minimum absolute atomic E-state index is 0.168. The van der Waals surface area contributed by atoms with Gasteiger partial charge in [-0.3, -0.25) is 0 Å². The smallest absolute Gasteiger partial charge is 0.139 e. The number of nitrogens with zero attached hydrogens (tertiary/aromatic N) is 2. The highest BCUT2D eigenvalue weighted by Crippen LogP contribution is 2.29. The Bertz CT molecular complexity index is 487. The SMILES string of the molecule is C=CCOc1ccc(OCC=C)c(C#N)c1C#N. The molecule has 1 rings (SSSR count). The molecule has 0 spiro atoms. The molecule has 4 nitrogen and oxygen atoms in total. The van der Waals surface area contributed by atoms with Crippen molar-refractivity contribution in [1.82, 2.24) is 0 Å². The van der Waals surface area contributed by atoms with E-state index in [1.807, 2.05) is 12.1 Å². The number of hydrogen-bond donors (Lipinski definition) is 0. The lowest BCUT2D eigenvalue weighted by atomic mass is 10.1. The molecule has 1 aromatic rings. The summed E-state index contributed by atoms with van der Waals surface area (Å²) < 4.78 is 10.6. The fraction of sp³-hybridized carbons (Fsp3) is 0.143. The lowest BCUT2D eigenvalue weighted by Crippen LogP contribution is -2.01. The Hall–Kier alpha value is -2.72. The predicted molar refractivity (Wildman–Crippen MR) is 67.3 cm³/mol. The highest BCUT2D eigenvalue weighted by Gasteiger charge is 2.14. The summed E-state index contributed by atoms with van der Waals surface area (Å²) in [6.07, 6.45) is 3.13. The first-order valence-corrected chi connectivity index (χ1v) is 5.23. The van der Waals surface area contributed by atoms with Crippen molar-refractivity contribution >= 4 is 0 Å². The van der Waals surface area contributed by atoms with Gasteiger partial charge in [-0.1, -0.05) is 25.3 Å². The van der Waals surface area contributed by atoms with Gasteiger partial charge in [-0.2, -0.15) is 10.5 Å². The molecule has 18 heavy (non-hydrogen) atoms. The number of nitriles is 2. The monoisotopic (exact) mass is 240 g/mol. The van der Waals surface area contributed by atoms with E-state index in [0.717, 1.165) is 0 Å². The molecule has 4 heteroatoms. The molecular weight excluding hydrogens is 228 g/mol. The highest BCUT2D eigenvalue weighted by atomic mass is 16.5. The Labute approximate surface area is 106 Å². The van der Waals surface area contributed by atoms with Crippen LogP contribution >= 0.6 is 0 Å². The van der Waals surface area contributed by atoms with Crippen LogP contribution in [0, 0.1) is 22.7 Å². The van der Waals surface area contributed by atoms with E-state index in [0.29, 0.717) is 11.5 Å². The van der Waals surface area contributed by atoms with Crippen molar-refractivity contribution in [3.05, 3.63) is 48.6 Å². The van der Waals surface area contributed by atoms with Crippen molar-refractivity contribution in [2.45, 2.75) is 0 Å². The van der Waals surface area contributed by atoms with Gasteiger partial charge in [0.2, 0.25) is 0 Å². The van der Waals surface area contributed by atoms with Crippen molar-refractivity contribution < 1.29 is 9.47 Å². The molecule has 0 saturated carbocycles. The molecule has 0 atom stereocenters. The van der Waals surface area contributed by atoms with Crippen LogP contribution < -0.4 is 9.47 Å². The maximum atomic E-state index is 9.10. The Morgan fingerprint density at radius 1 is 0.944 bits per heavy atom. The topological polar surface area (TPSA) is 66.0 Å². The van der Waals surface area contributed by atoms with E-state index in [9.17, 15) is 0 Å². The Balaban J connectivity index is 3.20. The molecule has 0 amide bonds. The first kappa shape index (κ1) is 13.3. The second-order valence-electron chi connectivity index (χ2n) is 3.23. The molecular formula is C14H12N2O2. The van der Waals surface area contributed by atoms with Crippen LogP contribution in [-0.4, -0.2) is 13.2 Å². The van der Waals surface area contributed by atoms with Crippen LogP contribution in [0.1, 0.15) is 11.1 Å². The van der Waals surface area contributed by atoms with Crippen LogP contribution in [0.3, 0.4) is 0 Å². The van der Waals surface area contributed by atoms with Crippen molar-refractivity contribution in [3.8, 4) is 23.6 Å². The molecule has 0 aromatic heterocycles. The molecule has 0 aliphatic carbocycles. The summed E-state index contributed by atoms with van der Waals surface area (Å²) in [5, 5.41) is 18.2. The van der Waals surface area contributed by atoms with E-state index in [-0.39, 0.29) is 24.3 Å². The minimum atomic E-state index is 0.168. The standard InChI is InChI=1S/C14H12N2O2/c1-3-7-17-13-5-6-14(18-8-4-2)12(10-16)11(13)9-15/h3-6H,1-2,7-8H2. The first-order chi connectivity index (χ1) is 8.78. The molecule has 1 aromatic carbocycles. The molecule has 0 saturated heterocycles. The summed E-state index contributed by atoms with van der Waals surface area (Å²) in [6.45, 7) is 7.59. The van der Waals surface area contributed by atoms with Crippen LogP contribution in [0.5, 0.6) is 11.5 Å². The fourth-order valence-electron chi connectivity index (χ4n) is 1.32. The Morgan fingerprint density at radius 2 is 1.33 bits per heavy atom. The van der Waals surface area contributed by atoms with Gasteiger partial charge in [0.25, 0.3) is 0 Å². The second kappa shape index (κ2) is 6.78. The highest BCUT2D eigenvalue weighted by molar-refractivity contribution is 5.60. The van der Waals surface area contributed by atoms with Crippen molar-refractivity contribution in [1.29, 1.82) is 10.5 Å². The van der Waals surface area contributed by atoms with Gasteiger partial charge in [0.1, 0.15) is 48.0 Å². The average molecular weight is 240 g/mol. The third kappa shape index (κ3) is 2.90. The van der Waals surface area contributed by atoms with Crippen LogP contribution in [0.2, 0.25) is 0 Å².